The summed E-state index contributed by atoms with van der Waals surface area (Å²) in [5.74, 6) is 0.399. The lowest BCUT2D eigenvalue weighted by Crippen LogP contribution is -2.35. The van der Waals surface area contributed by atoms with Crippen LogP contribution in [0.25, 0.3) is 6.08 Å². The van der Waals surface area contributed by atoms with Crippen molar-refractivity contribution in [3.05, 3.63) is 71.3 Å². The van der Waals surface area contributed by atoms with Crippen LogP contribution >= 0.6 is 0 Å². The maximum Gasteiger partial charge on any atom is 0.268 e. The molecule has 2 amide bonds. The van der Waals surface area contributed by atoms with E-state index in [0.29, 0.717) is 23.6 Å². The van der Waals surface area contributed by atoms with Gasteiger partial charge in [-0.1, -0.05) is 11.6 Å². The van der Waals surface area contributed by atoms with Gasteiger partial charge >= 0.3 is 0 Å². The van der Waals surface area contributed by atoms with E-state index in [9.17, 15) is 9.59 Å². The Labute approximate surface area is 164 Å². The molecule has 0 fully saturated rings. The van der Waals surface area contributed by atoms with Gasteiger partial charge in [-0.3, -0.25) is 9.59 Å². The molecule has 0 saturated heterocycles. The van der Waals surface area contributed by atoms with Crippen molar-refractivity contribution in [3.63, 3.8) is 0 Å². The number of benzene rings is 1. The number of carbonyl (C=O) groups excluding carboxylic acids is 2. The van der Waals surface area contributed by atoms with Crippen LogP contribution in [-0.4, -0.2) is 25.5 Å². The van der Waals surface area contributed by atoms with Crippen molar-refractivity contribution in [2.75, 3.05) is 13.7 Å². The third kappa shape index (κ3) is 5.36. The predicted octanol–water partition coefficient (Wildman–Crippen LogP) is 3.68. The molecule has 0 unspecified atom stereocenters. The average molecular weight is 380 g/mol. The van der Waals surface area contributed by atoms with Crippen LogP contribution < -0.4 is 15.4 Å². The first-order chi connectivity index (χ1) is 13.7. The van der Waals surface area contributed by atoms with Gasteiger partial charge in [0.2, 0.25) is 0 Å². The molecule has 1 heterocycles. The first-order valence-corrected chi connectivity index (χ1v) is 9.32. The van der Waals surface area contributed by atoms with Crippen molar-refractivity contribution < 1.29 is 18.7 Å². The third-order valence-electron chi connectivity index (χ3n) is 4.54. The van der Waals surface area contributed by atoms with Crippen LogP contribution in [-0.2, 0) is 4.79 Å². The van der Waals surface area contributed by atoms with Crippen LogP contribution in [0.15, 0.2) is 64.4 Å². The number of amides is 2. The summed E-state index contributed by atoms with van der Waals surface area (Å²) < 4.78 is 10.4. The van der Waals surface area contributed by atoms with Gasteiger partial charge in [0.25, 0.3) is 11.8 Å². The van der Waals surface area contributed by atoms with Gasteiger partial charge in [-0.25, -0.2) is 0 Å². The molecule has 1 aliphatic carbocycles. The zero-order valence-corrected chi connectivity index (χ0v) is 15.9. The minimum atomic E-state index is -0.382. The van der Waals surface area contributed by atoms with E-state index in [1.807, 2.05) is 0 Å². The summed E-state index contributed by atoms with van der Waals surface area (Å²) in [6.07, 6.45) is 9.59. The molecule has 28 heavy (non-hydrogen) atoms. The Bertz CT molecular complexity index is 864. The molecule has 6 heteroatoms. The zero-order chi connectivity index (χ0) is 19.8. The second-order valence-corrected chi connectivity index (χ2v) is 6.55. The molecule has 6 nitrogen and oxygen atoms in total. The molecule has 3 rings (SSSR count). The van der Waals surface area contributed by atoms with E-state index in [1.165, 1.54) is 24.3 Å². The maximum absolute atomic E-state index is 12.7. The summed E-state index contributed by atoms with van der Waals surface area (Å²) in [6.45, 7) is 0.479. The van der Waals surface area contributed by atoms with E-state index in [1.54, 1.807) is 43.5 Å². The monoisotopic (exact) mass is 380 g/mol. The number of furan rings is 1. The molecular weight excluding hydrogens is 356 g/mol. The summed E-state index contributed by atoms with van der Waals surface area (Å²) in [7, 11) is 1.56. The smallest absolute Gasteiger partial charge is 0.268 e. The average Bonchev–Trinajstić information content (AvgIpc) is 3.25. The predicted molar refractivity (Wildman–Crippen MR) is 107 cm³/mol. The SMILES string of the molecule is COc1ccc(C(=O)N/C(=C\c2ccco2)C(=O)NCC2=CCCCC2)cc1. The molecule has 1 aromatic carbocycles. The van der Waals surface area contributed by atoms with Crippen molar-refractivity contribution in [1.29, 1.82) is 0 Å². The van der Waals surface area contributed by atoms with Crippen LogP contribution in [0.2, 0.25) is 0 Å². The molecule has 1 aliphatic rings. The summed E-state index contributed by atoms with van der Waals surface area (Å²) in [4.78, 5) is 25.3. The summed E-state index contributed by atoms with van der Waals surface area (Å²) in [6, 6.07) is 10.1. The molecule has 0 atom stereocenters. The molecule has 0 radical (unpaired) electrons. The van der Waals surface area contributed by atoms with Gasteiger partial charge in [0.1, 0.15) is 17.2 Å². The van der Waals surface area contributed by atoms with E-state index >= 15 is 0 Å². The van der Waals surface area contributed by atoms with Crippen LogP contribution in [0.3, 0.4) is 0 Å². The summed E-state index contributed by atoms with van der Waals surface area (Å²) >= 11 is 0. The van der Waals surface area contributed by atoms with Crippen LogP contribution in [0.5, 0.6) is 5.75 Å². The molecule has 2 aromatic rings. The largest absolute Gasteiger partial charge is 0.497 e. The Hall–Kier alpha value is -3.28. The first-order valence-electron chi connectivity index (χ1n) is 9.32. The van der Waals surface area contributed by atoms with Gasteiger partial charge in [-0.05, 0) is 62.1 Å². The maximum atomic E-state index is 12.7. The molecular formula is C22H24N2O4. The van der Waals surface area contributed by atoms with Gasteiger partial charge in [-0.2, -0.15) is 0 Å². The van der Waals surface area contributed by atoms with Gasteiger partial charge in [0.05, 0.1) is 13.4 Å². The van der Waals surface area contributed by atoms with E-state index in [2.05, 4.69) is 16.7 Å². The highest BCUT2D eigenvalue weighted by Crippen LogP contribution is 2.17. The number of hydrogen-bond acceptors (Lipinski definition) is 4. The van der Waals surface area contributed by atoms with Gasteiger partial charge < -0.3 is 19.8 Å². The van der Waals surface area contributed by atoms with E-state index < -0.39 is 0 Å². The lowest BCUT2D eigenvalue weighted by atomic mass is 10.00. The second kappa shape index (κ2) is 9.60. The molecule has 0 bridgehead atoms. The molecule has 0 aliphatic heterocycles. The van der Waals surface area contributed by atoms with Crippen molar-refractivity contribution in [1.82, 2.24) is 10.6 Å². The van der Waals surface area contributed by atoms with Crippen molar-refractivity contribution >= 4 is 17.9 Å². The Morgan fingerprint density at radius 1 is 1.18 bits per heavy atom. The van der Waals surface area contributed by atoms with Gasteiger partial charge in [0.15, 0.2) is 0 Å². The van der Waals surface area contributed by atoms with Crippen molar-refractivity contribution in [3.8, 4) is 5.75 Å². The Kier molecular flexibility index (Phi) is 6.68. The fraction of sp³-hybridized carbons (Fsp3) is 0.273. The van der Waals surface area contributed by atoms with Gasteiger partial charge in [-0.15, -0.1) is 0 Å². The highest BCUT2D eigenvalue weighted by molar-refractivity contribution is 6.05. The molecule has 0 saturated carbocycles. The number of nitrogens with one attached hydrogen (secondary N) is 2. The normalized spacial score (nSPS) is 14.2. The second-order valence-electron chi connectivity index (χ2n) is 6.55. The Morgan fingerprint density at radius 3 is 2.64 bits per heavy atom. The molecule has 1 aromatic heterocycles. The summed E-state index contributed by atoms with van der Waals surface area (Å²) in [5.41, 5.74) is 1.78. The van der Waals surface area contributed by atoms with Crippen LogP contribution in [0.1, 0.15) is 41.8 Å². The molecule has 0 spiro atoms. The molecule has 2 N–H and O–H groups in total. The van der Waals surface area contributed by atoms with Crippen molar-refractivity contribution in [2.24, 2.45) is 0 Å². The number of carbonyl (C=O) groups is 2. The van der Waals surface area contributed by atoms with E-state index in [0.717, 1.165) is 19.3 Å². The lowest BCUT2D eigenvalue weighted by molar-refractivity contribution is -0.117. The van der Waals surface area contributed by atoms with Gasteiger partial charge in [0, 0.05) is 18.2 Å². The lowest BCUT2D eigenvalue weighted by Gasteiger charge is -2.15. The highest BCUT2D eigenvalue weighted by atomic mass is 16.5. The number of rotatable bonds is 7. The quantitative estimate of drug-likeness (QED) is 0.567. The number of ether oxygens (including phenoxy) is 1. The van der Waals surface area contributed by atoms with Crippen LogP contribution in [0, 0.1) is 0 Å². The number of allylic oxidation sites excluding steroid dienone is 1. The standard InChI is InChI=1S/C22H24N2O4/c1-27-18-11-9-17(10-12-18)21(25)24-20(14-19-8-5-13-28-19)22(26)23-15-16-6-3-2-4-7-16/h5-6,8-14H,2-4,7,15H2,1H3,(H,23,26)(H,24,25)/b20-14-. The Morgan fingerprint density at radius 2 is 2.00 bits per heavy atom. The fourth-order valence-electron chi connectivity index (χ4n) is 2.97. The fourth-order valence-corrected chi connectivity index (χ4v) is 2.97. The van der Waals surface area contributed by atoms with E-state index in [-0.39, 0.29) is 17.5 Å². The first kappa shape index (κ1) is 19.5. The summed E-state index contributed by atoms with van der Waals surface area (Å²) in [5, 5.41) is 5.57. The zero-order valence-electron chi connectivity index (χ0n) is 15.9. The van der Waals surface area contributed by atoms with Crippen LogP contribution in [0.4, 0.5) is 0 Å². The number of methoxy groups -OCH3 is 1. The topological polar surface area (TPSA) is 80.6 Å². The minimum absolute atomic E-state index is 0.132. The highest BCUT2D eigenvalue weighted by Gasteiger charge is 2.16. The van der Waals surface area contributed by atoms with E-state index in [4.69, 9.17) is 9.15 Å². The Balaban J connectivity index is 1.71. The minimum Gasteiger partial charge on any atom is -0.497 e. The third-order valence-corrected chi connectivity index (χ3v) is 4.54. The van der Waals surface area contributed by atoms with Crippen molar-refractivity contribution in [2.45, 2.75) is 25.7 Å². The molecule has 146 valence electrons. The number of hydrogen-bond donors (Lipinski definition) is 2.